The first-order valence-electron chi connectivity index (χ1n) is 8.95. The van der Waals surface area contributed by atoms with Crippen molar-refractivity contribution in [3.63, 3.8) is 0 Å². The molecular formula is C17H29N5O3. The van der Waals surface area contributed by atoms with Gasteiger partial charge in [-0.15, -0.1) is 0 Å². The van der Waals surface area contributed by atoms with Crippen molar-refractivity contribution in [3.8, 4) is 0 Å². The molecule has 0 unspecified atom stereocenters. The molecule has 1 aliphatic rings. The number of imidazole rings is 1. The van der Waals surface area contributed by atoms with Gasteiger partial charge in [-0.2, -0.15) is 0 Å². The van der Waals surface area contributed by atoms with Gasteiger partial charge in [-0.25, -0.2) is 9.78 Å². The summed E-state index contributed by atoms with van der Waals surface area (Å²) in [5.41, 5.74) is 0. The number of ether oxygens (including phenoxy) is 1. The van der Waals surface area contributed by atoms with E-state index < -0.39 is 0 Å². The van der Waals surface area contributed by atoms with Crippen molar-refractivity contribution in [2.75, 3.05) is 46.4 Å². The van der Waals surface area contributed by atoms with Gasteiger partial charge in [-0.1, -0.05) is 6.92 Å². The molecule has 0 atom stereocenters. The van der Waals surface area contributed by atoms with Gasteiger partial charge in [0.1, 0.15) is 12.4 Å². The summed E-state index contributed by atoms with van der Waals surface area (Å²) in [4.78, 5) is 32.0. The number of nitrogens with zero attached hydrogens (tertiary/aromatic N) is 4. The number of carbonyl (C=O) groups excluding carboxylic acids is 2. The maximum Gasteiger partial charge on any atom is 0.317 e. The van der Waals surface area contributed by atoms with Crippen LogP contribution in [0.15, 0.2) is 12.4 Å². The average Bonchev–Trinajstić information content (AvgIpc) is 2.92. The molecule has 0 bridgehead atoms. The third-order valence-electron chi connectivity index (χ3n) is 4.37. The summed E-state index contributed by atoms with van der Waals surface area (Å²) >= 11 is 0. The molecule has 0 saturated carbocycles. The van der Waals surface area contributed by atoms with Crippen LogP contribution in [-0.2, 0) is 22.5 Å². The number of rotatable bonds is 7. The van der Waals surface area contributed by atoms with Gasteiger partial charge in [0.05, 0.1) is 0 Å². The highest BCUT2D eigenvalue weighted by molar-refractivity contribution is 5.78. The minimum absolute atomic E-state index is 0.0168. The fraction of sp³-hybridized carbons (Fsp3) is 0.706. The lowest BCUT2D eigenvalue weighted by molar-refractivity contribution is -0.135. The molecule has 0 spiro atoms. The van der Waals surface area contributed by atoms with Crippen LogP contribution in [0.5, 0.6) is 0 Å². The first kappa shape index (κ1) is 19.2. The standard InChI is InChI=1S/C17H29N5O3/c1-3-15-18-7-11-20(15)8-4-6-19-17(24)22-10-5-9-21(12-13-22)16(23)14-25-2/h7,11H,3-6,8-10,12-14H2,1-2H3,(H,19,24). The van der Waals surface area contributed by atoms with E-state index >= 15 is 0 Å². The van der Waals surface area contributed by atoms with Crippen LogP contribution in [0.1, 0.15) is 25.6 Å². The average molecular weight is 351 g/mol. The highest BCUT2D eigenvalue weighted by atomic mass is 16.5. The Morgan fingerprint density at radius 2 is 2.00 bits per heavy atom. The summed E-state index contributed by atoms with van der Waals surface area (Å²) in [5, 5.41) is 2.97. The van der Waals surface area contributed by atoms with Gasteiger partial charge in [0, 0.05) is 65.2 Å². The normalized spacial score (nSPS) is 15.1. The molecular weight excluding hydrogens is 322 g/mol. The van der Waals surface area contributed by atoms with Crippen LogP contribution >= 0.6 is 0 Å². The largest absolute Gasteiger partial charge is 0.375 e. The van der Waals surface area contributed by atoms with Crippen LogP contribution in [0.3, 0.4) is 0 Å². The molecule has 2 heterocycles. The van der Waals surface area contributed by atoms with E-state index in [4.69, 9.17) is 4.74 Å². The van der Waals surface area contributed by atoms with Gasteiger partial charge >= 0.3 is 6.03 Å². The highest BCUT2D eigenvalue weighted by Crippen LogP contribution is 2.05. The number of amides is 3. The lowest BCUT2D eigenvalue weighted by Gasteiger charge is -2.22. The molecule has 1 N–H and O–H groups in total. The maximum absolute atomic E-state index is 12.3. The van der Waals surface area contributed by atoms with Gasteiger partial charge in [0.15, 0.2) is 0 Å². The Balaban J connectivity index is 1.69. The molecule has 0 radical (unpaired) electrons. The molecule has 25 heavy (non-hydrogen) atoms. The molecule has 140 valence electrons. The van der Waals surface area contributed by atoms with Crippen molar-refractivity contribution in [2.24, 2.45) is 0 Å². The summed E-state index contributed by atoms with van der Waals surface area (Å²) in [6.07, 6.45) is 6.34. The third kappa shape index (κ3) is 5.74. The smallest absolute Gasteiger partial charge is 0.317 e. The molecule has 1 fully saturated rings. The number of carbonyl (C=O) groups is 2. The van der Waals surface area contributed by atoms with Crippen LogP contribution < -0.4 is 5.32 Å². The van der Waals surface area contributed by atoms with Crippen molar-refractivity contribution in [2.45, 2.75) is 32.7 Å². The number of urea groups is 1. The van der Waals surface area contributed by atoms with Crippen LogP contribution in [0.25, 0.3) is 0 Å². The van der Waals surface area contributed by atoms with Crippen molar-refractivity contribution in [1.29, 1.82) is 0 Å². The Bertz CT molecular complexity index is 560. The molecule has 1 saturated heterocycles. The van der Waals surface area contributed by atoms with E-state index in [1.165, 1.54) is 7.11 Å². The molecule has 1 aromatic rings. The van der Waals surface area contributed by atoms with Crippen LogP contribution in [0, 0.1) is 0 Å². The summed E-state index contributed by atoms with van der Waals surface area (Å²) in [5.74, 6) is 1.05. The molecule has 0 aliphatic carbocycles. The van der Waals surface area contributed by atoms with E-state index in [1.54, 1.807) is 9.80 Å². The lowest BCUT2D eigenvalue weighted by atomic mass is 10.3. The van der Waals surface area contributed by atoms with Crippen molar-refractivity contribution >= 4 is 11.9 Å². The number of methoxy groups -OCH3 is 1. The molecule has 1 aromatic heterocycles. The number of hydrogen-bond acceptors (Lipinski definition) is 4. The minimum atomic E-state index is -0.0533. The third-order valence-corrected chi connectivity index (χ3v) is 4.37. The SMILES string of the molecule is CCc1nccn1CCCNC(=O)N1CCCN(C(=O)COC)CC1. The lowest BCUT2D eigenvalue weighted by Crippen LogP contribution is -2.43. The van der Waals surface area contributed by atoms with E-state index in [0.717, 1.165) is 31.6 Å². The topological polar surface area (TPSA) is 79.7 Å². The highest BCUT2D eigenvalue weighted by Gasteiger charge is 2.21. The fourth-order valence-corrected chi connectivity index (χ4v) is 3.00. The second-order valence-electron chi connectivity index (χ2n) is 6.13. The van der Waals surface area contributed by atoms with Gasteiger partial charge in [-0.3, -0.25) is 4.79 Å². The molecule has 2 rings (SSSR count). The number of aryl methyl sites for hydroxylation is 2. The van der Waals surface area contributed by atoms with E-state index in [1.807, 2.05) is 12.4 Å². The molecule has 1 aliphatic heterocycles. The van der Waals surface area contributed by atoms with Crippen molar-refractivity contribution < 1.29 is 14.3 Å². The Kier molecular flexibility index (Phi) is 7.72. The number of hydrogen-bond donors (Lipinski definition) is 1. The zero-order chi connectivity index (χ0) is 18.1. The number of aromatic nitrogens is 2. The zero-order valence-electron chi connectivity index (χ0n) is 15.2. The van der Waals surface area contributed by atoms with Crippen molar-refractivity contribution in [1.82, 2.24) is 24.7 Å². The molecule has 8 nitrogen and oxygen atoms in total. The van der Waals surface area contributed by atoms with Crippen LogP contribution in [0.4, 0.5) is 4.79 Å². The summed E-state index contributed by atoms with van der Waals surface area (Å²) in [6, 6.07) is -0.0533. The monoisotopic (exact) mass is 351 g/mol. The Labute approximate surface area is 149 Å². The van der Waals surface area contributed by atoms with Gasteiger partial charge in [0.25, 0.3) is 0 Å². The van der Waals surface area contributed by atoms with Gasteiger partial charge in [0.2, 0.25) is 5.91 Å². The van der Waals surface area contributed by atoms with E-state index in [0.29, 0.717) is 32.7 Å². The fourth-order valence-electron chi connectivity index (χ4n) is 3.00. The quantitative estimate of drug-likeness (QED) is 0.735. The predicted molar refractivity (Wildman–Crippen MR) is 94.3 cm³/mol. The Morgan fingerprint density at radius 1 is 1.24 bits per heavy atom. The van der Waals surface area contributed by atoms with E-state index in [-0.39, 0.29) is 18.5 Å². The van der Waals surface area contributed by atoms with E-state index in [2.05, 4.69) is 21.8 Å². The molecule has 3 amide bonds. The van der Waals surface area contributed by atoms with Crippen LogP contribution in [-0.4, -0.2) is 77.7 Å². The molecule has 8 heteroatoms. The predicted octanol–water partition coefficient (Wildman–Crippen LogP) is 0.726. The zero-order valence-corrected chi connectivity index (χ0v) is 15.2. The van der Waals surface area contributed by atoms with Gasteiger partial charge in [-0.05, 0) is 12.8 Å². The minimum Gasteiger partial charge on any atom is -0.375 e. The summed E-state index contributed by atoms with van der Waals surface area (Å²) in [6.45, 7) is 6.12. The Morgan fingerprint density at radius 3 is 2.76 bits per heavy atom. The maximum atomic E-state index is 12.3. The second kappa shape index (κ2) is 10.0. The number of nitrogens with one attached hydrogen (secondary N) is 1. The van der Waals surface area contributed by atoms with E-state index in [9.17, 15) is 9.59 Å². The first-order valence-corrected chi connectivity index (χ1v) is 8.95. The van der Waals surface area contributed by atoms with Gasteiger partial charge < -0.3 is 24.4 Å². The second-order valence-corrected chi connectivity index (χ2v) is 6.13. The molecule has 0 aromatic carbocycles. The summed E-state index contributed by atoms with van der Waals surface area (Å²) < 4.78 is 7.02. The Hall–Kier alpha value is -2.09. The van der Waals surface area contributed by atoms with Crippen molar-refractivity contribution in [3.05, 3.63) is 18.2 Å². The van der Waals surface area contributed by atoms with Crippen LogP contribution in [0.2, 0.25) is 0 Å². The summed E-state index contributed by atoms with van der Waals surface area (Å²) in [7, 11) is 1.52. The first-order chi connectivity index (χ1) is 12.2.